The molecule has 0 amide bonds. The van der Waals surface area contributed by atoms with Crippen molar-refractivity contribution in [1.82, 2.24) is 0 Å². The average Bonchev–Trinajstić information content (AvgIpc) is 3.49. The summed E-state index contributed by atoms with van der Waals surface area (Å²) in [6.45, 7) is 4.87. The molecule has 256 valence electrons. The first-order valence-electron chi connectivity index (χ1n) is 19.4. The van der Waals surface area contributed by atoms with Crippen molar-refractivity contribution in [2.75, 3.05) is 0 Å². The van der Waals surface area contributed by atoms with Crippen LogP contribution in [0.1, 0.15) is 25.0 Å². The van der Waals surface area contributed by atoms with Gasteiger partial charge in [-0.2, -0.15) is 0 Å². The summed E-state index contributed by atoms with van der Waals surface area (Å²) >= 11 is 0. The van der Waals surface area contributed by atoms with Gasteiger partial charge in [-0.25, -0.2) is 0 Å². The molecular weight excluding hydrogens is 661 g/mol. The van der Waals surface area contributed by atoms with Gasteiger partial charge in [0.2, 0.25) is 0 Å². The monoisotopic (exact) mass is 696 g/mol. The molecule has 11 aromatic carbocycles. The first-order chi connectivity index (χ1) is 27.1. The third kappa shape index (κ3) is 4.12. The van der Waals surface area contributed by atoms with E-state index in [9.17, 15) is 0 Å². The second-order valence-electron chi connectivity index (χ2n) is 15.9. The predicted octanol–water partition coefficient (Wildman–Crippen LogP) is 15.4. The Hall–Kier alpha value is -6.76. The van der Waals surface area contributed by atoms with E-state index in [4.69, 9.17) is 0 Å². The van der Waals surface area contributed by atoms with Crippen LogP contribution in [0.25, 0.3) is 109 Å². The lowest BCUT2D eigenvalue weighted by Crippen LogP contribution is -2.16. The molecule has 11 aromatic rings. The van der Waals surface area contributed by atoms with E-state index in [2.05, 4.69) is 196 Å². The zero-order valence-electron chi connectivity index (χ0n) is 30.8. The number of fused-ring (bicyclic) bond motifs is 15. The summed E-state index contributed by atoms with van der Waals surface area (Å²) in [5.41, 5.74) is 10.6. The molecule has 0 radical (unpaired) electrons. The third-order valence-corrected chi connectivity index (χ3v) is 12.7. The molecule has 0 unspecified atom stereocenters. The van der Waals surface area contributed by atoms with Crippen molar-refractivity contribution in [2.24, 2.45) is 0 Å². The van der Waals surface area contributed by atoms with Crippen molar-refractivity contribution in [1.29, 1.82) is 0 Å². The Morgan fingerprint density at radius 1 is 0.273 bits per heavy atom. The van der Waals surface area contributed by atoms with Crippen molar-refractivity contribution in [3.63, 3.8) is 0 Å². The lowest BCUT2D eigenvalue weighted by molar-refractivity contribution is 0.672. The Kier molecular flexibility index (Phi) is 6.21. The van der Waals surface area contributed by atoms with Gasteiger partial charge in [-0.3, -0.25) is 0 Å². The fourth-order valence-corrected chi connectivity index (χ4v) is 10.6. The van der Waals surface area contributed by atoms with Crippen LogP contribution in [-0.4, -0.2) is 0 Å². The predicted molar refractivity (Wildman–Crippen MR) is 237 cm³/mol. The number of hydrogen-bond donors (Lipinski definition) is 0. The van der Waals surface area contributed by atoms with E-state index in [1.54, 1.807) is 0 Å². The van der Waals surface area contributed by atoms with Crippen LogP contribution in [-0.2, 0) is 5.41 Å². The molecule has 0 atom stereocenters. The molecule has 1 aliphatic carbocycles. The lowest BCUT2D eigenvalue weighted by atomic mass is 9.77. The number of benzene rings is 11. The van der Waals surface area contributed by atoms with Gasteiger partial charge in [0.05, 0.1) is 0 Å². The van der Waals surface area contributed by atoms with Crippen LogP contribution in [0.3, 0.4) is 0 Å². The topological polar surface area (TPSA) is 0 Å². The van der Waals surface area contributed by atoms with Gasteiger partial charge in [0.25, 0.3) is 0 Å². The molecule has 12 rings (SSSR count). The van der Waals surface area contributed by atoms with E-state index in [-0.39, 0.29) is 5.41 Å². The summed E-state index contributed by atoms with van der Waals surface area (Å²) < 4.78 is 0. The Balaban J connectivity index is 1.12. The van der Waals surface area contributed by atoms with E-state index < -0.39 is 0 Å². The summed E-state index contributed by atoms with van der Waals surface area (Å²) in [5.74, 6) is 0. The minimum absolute atomic E-state index is 0.168. The van der Waals surface area contributed by atoms with Crippen molar-refractivity contribution >= 4 is 75.4 Å². The Morgan fingerprint density at radius 2 is 0.727 bits per heavy atom. The standard InChI is InChI=1S/C55H36/c1-55(2)53-37-29-28-35(31-34(37)27-30-48(53)52-42-21-9-7-18-39(42)40-19-8-14-26-47(40)54(52)55)50-43-22-10-12-24-45(43)51(46-25-13-11-23-44(46)50)49-32-33-15-3-4-16-36(33)38-17-5-6-20-41(38)49/h3-32H,1-2H3. The summed E-state index contributed by atoms with van der Waals surface area (Å²) in [4.78, 5) is 0. The largest absolute Gasteiger partial charge is 0.0616 e. The van der Waals surface area contributed by atoms with Gasteiger partial charge in [-0.15, -0.1) is 0 Å². The maximum absolute atomic E-state index is 2.45. The molecule has 0 aromatic heterocycles. The highest BCUT2D eigenvalue weighted by Gasteiger charge is 2.39. The van der Waals surface area contributed by atoms with Crippen LogP contribution in [0, 0.1) is 0 Å². The summed E-state index contributed by atoms with van der Waals surface area (Å²) in [7, 11) is 0. The second kappa shape index (κ2) is 11.1. The molecule has 55 heavy (non-hydrogen) atoms. The van der Waals surface area contributed by atoms with Crippen LogP contribution >= 0.6 is 0 Å². The zero-order valence-corrected chi connectivity index (χ0v) is 30.8. The van der Waals surface area contributed by atoms with Gasteiger partial charge < -0.3 is 0 Å². The van der Waals surface area contributed by atoms with Crippen molar-refractivity contribution in [2.45, 2.75) is 19.3 Å². The van der Waals surface area contributed by atoms with Gasteiger partial charge in [0.15, 0.2) is 0 Å². The Labute approximate surface area is 319 Å². The first-order valence-corrected chi connectivity index (χ1v) is 19.4. The van der Waals surface area contributed by atoms with Crippen LogP contribution in [0.4, 0.5) is 0 Å². The molecule has 0 spiro atoms. The Bertz CT molecular complexity index is 3390. The van der Waals surface area contributed by atoms with Crippen molar-refractivity contribution < 1.29 is 0 Å². The second-order valence-corrected chi connectivity index (χ2v) is 15.9. The number of hydrogen-bond acceptors (Lipinski definition) is 0. The van der Waals surface area contributed by atoms with Crippen LogP contribution < -0.4 is 0 Å². The van der Waals surface area contributed by atoms with E-state index in [1.807, 2.05) is 0 Å². The first kappa shape index (κ1) is 30.7. The molecule has 0 nitrogen and oxygen atoms in total. The molecule has 1 aliphatic rings. The van der Waals surface area contributed by atoms with Crippen LogP contribution in [0.15, 0.2) is 182 Å². The highest BCUT2D eigenvalue weighted by atomic mass is 14.4. The van der Waals surface area contributed by atoms with Gasteiger partial charge in [-0.05, 0) is 132 Å². The molecule has 0 heterocycles. The quantitative estimate of drug-likeness (QED) is 0.125. The highest BCUT2D eigenvalue weighted by molar-refractivity contribution is 6.26. The molecule has 0 heteroatoms. The van der Waals surface area contributed by atoms with E-state index >= 15 is 0 Å². The molecule has 0 saturated carbocycles. The molecular formula is C55H36. The minimum atomic E-state index is -0.168. The van der Waals surface area contributed by atoms with Gasteiger partial charge in [-0.1, -0.05) is 184 Å². The third-order valence-electron chi connectivity index (χ3n) is 12.7. The summed E-state index contributed by atoms with van der Waals surface area (Å²) in [6, 6.07) is 68.2. The van der Waals surface area contributed by atoms with Crippen molar-refractivity contribution in [3.05, 3.63) is 193 Å². The summed E-state index contributed by atoms with van der Waals surface area (Å²) in [5, 5.41) is 18.2. The average molecular weight is 697 g/mol. The van der Waals surface area contributed by atoms with Crippen LogP contribution in [0.5, 0.6) is 0 Å². The minimum Gasteiger partial charge on any atom is -0.0616 e. The molecule has 0 fully saturated rings. The molecule has 0 saturated heterocycles. The fraction of sp³-hybridized carbons (Fsp3) is 0.0545. The van der Waals surface area contributed by atoms with Crippen LogP contribution in [0.2, 0.25) is 0 Å². The molecule has 0 bridgehead atoms. The van der Waals surface area contributed by atoms with E-state index in [0.29, 0.717) is 0 Å². The lowest BCUT2D eigenvalue weighted by Gasteiger charge is -2.25. The SMILES string of the molecule is CC1(C)c2c(ccc3cc(-c4c5ccccc5c(-c5cc6ccccc6c6ccccc56)c5ccccc45)ccc23)-c2c1c1ccccc1c1ccccc21. The smallest absolute Gasteiger partial charge is 0.0171 e. The summed E-state index contributed by atoms with van der Waals surface area (Å²) in [6.07, 6.45) is 0. The highest BCUT2D eigenvalue weighted by Crippen LogP contribution is 2.57. The zero-order chi connectivity index (χ0) is 36.4. The van der Waals surface area contributed by atoms with E-state index in [0.717, 1.165) is 0 Å². The fourth-order valence-electron chi connectivity index (χ4n) is 10.6. The molecule has 0 aliphatic heterocycles. The maximum atomic E-state index is 2.45. The Morgan fingerprint density at radius 3 is 1.36 bits per heavy atom. The van der Waals surface area contributed by atoms with E-state index in [1.165, 1.54) is 120 Å². The van der Waals surface area contributed by atoms with Gasteiger partial charge in [0.1, 0.15) is 0 Å². The van der Waals surface area contributed by atoms with Crippen molar-refractivity contribution in [3.8, 4) is 33.4 Å². The normalized spacial score (nSPS) is 13.4. The van der Waals surface area contributed by atoms with Gasteiger partial charge in [0, 0.05) is 5.41 Å². The number of rotatable bonds is 2. The maximum Gasteiger partial charge on any atom is 0.0171 e. The molecule has 0 N–H and O–H groups in total. The van der Waals surface area contributed by atoms with Gasteiger partial charge >= 0.3 is 0 Å².